The highest BCUT2D eigenvalue weighted by Gasteiger charge is 2.08. The SMILES string of the molecule is Cc1ccc(-n2cnc(-c3ccc4cc(NC(=S)Nc5c(C)cccc5C)ccc4c3)n2)cc1. The Labute approximate surface area is 204 Å². The summed E-state index contributed by atoms with van der Waals surface area (Å²) in [4.78, 5) is 4.52. The fraction of sp³-hybridized carbons (Fsp3) is 0.107. The molecule has 0 fully saturated rings. The monoisotopic (exact) mass is 463 g/mol. The van der Waals surface area contributed by atoms with Gasteiger partial charge in [0.25, 0.3) is 0 Å². The first kappa shape index (κ1) is 21.8. The van der Waals surface area contributed by atoms with Crippen LogP contribution in [0.3, 0.4) is 0 Å². The Balaban J connectivity index is 1.34. The minimum Gasteiger partial charge on any atom is -0.332 e. The summed E-state index contributed by atoms with van der Waals surface area (Å²) in [6.45, 7) is 6.22. The Morgan fingerprint density at radius 1 is 0.794 bits per heavy atom. The molecule has 6 heteroatoms. The van der Waals surface area contributed by atoms with Crippen LogP contribution in [0.5, 0.6) is 0 Å². The summed E-state index contributed by atoms with van der Waals surface area (Å²) in [6.07, 6.45) is 1.75. The van der Waals surface area contributed by atoms with Gasteiger partial charge in [0.05, 0.1) is 5.69 Å². The van der Waals surface area contributed by atoms with Gasteiger partial charge in [-0.15, -0.1) is 5.10 Å². The first-order valence-corrected chi connectivity index (χ1v) is 11.5. The van der Waals surface area contributed by atoms with Gasteiger partial charge < -0.3 is 10.6 Å². The van der Waals surface area contributed by atoms with Gasteiger partial charge in [-0.2, -0.15) is 0 Å². The molecule has 5 nitrogen and oxygen atoms in total. The summed E-state index contributed by atoms with van der Waals surface area (Å²) in [5.41, 5.74) is 7.49. The van der Waals surface area contributed by atoms with Crippen LogP contribution in [0.15, 0.2) is 85.2 Å². The zero-order chi connectivity index (χ0) is 23.7. The molecule has 0 amide bonds. The predicted octanol–water partition coefficient (Wildman–Crippen LogP) is 6.82. The van der Waals surface area contributed by atoms with Crippen molar-refractivity contribution < 1.29 is 0 Å². The number of fused-ring (bicyclic) bond motifs is 1. The smallest absolute Gasteiger partial charge is 0.181 e. The molecule has 0 bridgehead atoms. The van der Waals surface area contributed by atoms with E-state index in [1.165, 1.54) is 5.56 Å². The van der Waals surface area contributed by atoms with Gasteiger partial charge in [0.1, 0.15) is 6.33 Å². The number of aryl methyl sites for hydroxylation is 3. The van der Waals surface area contributed by atoms with E-state index in [1.807, 2.05) is 30.3 Å². The maximum atomic E-state index is 5.55. The third kappa shape index (κ3) is 4.54. The lowest BCUT2D eigenvalue weighted by atomic mass is 10.1. The maximum Gasteiger partial charge on any atom is 0.181 e. The molecule has 5 aromatic rings. The molecular weight excluding hydrogens is 438 g/mol. The first-order chi connectivity index (χ1) is 16.5. The third-order valence-corrected chi connectivity index (χ3v) is 6.07. The van der Waals surface area contributed by atoms with Crippen molar-refractivity contribution in [3.05, 3.63) is 102 Å². The Morgan fingerprint density at radius 3 is 2.26 bits per heavy atom. The van der Waals surface area contributed by atoms with Gasteiger partial charge in [-0.05, 0) is 85.2 Å². The summed E-state index contributed by atoms with van der Waals surface area (Å²) in [6, 6.07) is 26.9. The molecule has 0 aliphatic rings. The minimum atomic E-state index is 0.569. The summed E-state index contributed by atoms with van der Waals surface area (Å²) < 4.78 is 1.80. The molecule has 0 aliphatic carbocycles. The summed E-state index contributed by atoms with van der Waals surface area (Å²) in [7, 11) is 0. The molecule has 2 N–H and O–H groups in total. The van der Waals surface area contributed by atoms with E-state index in [0.29, 0.717) is 10.9 Å². The molecule has 168 valence electrons. The van der Waals surface area contributed by atoms with E-state index in [1.54, 1.807) is 11.0 Å². The molecule has 0 atom stereocenters. The second kappa shape index (κ2) is 9.08. The van der Waals surface area contributed by atoms with E-state index in [2.05, 4.69) is 90.0 Å². The molecular formula is C28H25N5S. The highest BCUT2D eigenvalue weighted by molar-refractivity contribution is 7.80. The Hall–Kier alpha value is -4.03. The molecule has 1 aromatic heterocycles. The predicted molar refractivity (Wildman–Crippen MR) is 145 cm³/mol. The van der Waals surface area contributed by atoms with Crippen LogP contribution in [0.1, 0.15) is 16.7 Å². The van der Waals surface area contributed by atoms with Gasteiger partial charge in [0.15, 0.2) is 10.9 Å². The van der Waals surface area contributed by atoms with Crippen LogP contribution in [-0.4, -0.2) is 19.9 Å². The highest BCUT2D eigenvalue weighted by atomic mass is 32.1. The molecule has 4 aromatic carbocycles. The number of thiocarbonyl (C=S) groups is 1. The lowest BCUT2D eigenvalue weighted by Crippen LogP contribution is -2.20. The quantitative estimate of drug-likeness (QED) is 0.286. The van der Waals surface area contributed by atoms with Crippen LogP contribution >= 0.6 is 12.2 Å². The lowest BCUT2D eigenvalue weighted by molar-refractivity contribution is 0.881. The highest BCUT2D eigenvalue weighted by Crippen LogP contribution is 2.26. The number of anilines is 2. The van der Waals surface area contributed by atoms with Crippen molar-refractivity contribution in [3.8, 4) is 17.1 Å². The molecule has 5 rings (SSSR count). The number of nitrogens with one attached hydrogen (secondary N) is 2. The van der Waals surface area contributed by atoms with Gasteiger partial charge in [-0.25, -0.2) is 9.67 Å². The molecule has 0 radical (unpaired) electrons. The normalized spacial score (nSPS) is 10.9. The average molecular weight is 464 g/mol. The Morgan fingerprint density at radius 2 is 1.50 bits per heavy atom. The molecule has 34 heavy (non-hydrogen) atoms. The fourth-order valence-electron chi connectivity index (χ4n) is 3.97. The number of hydrogen-bond acceptors (Lipinski definition) is 3. The Bertz CT molecular complexity index is 1480. The summed E-state index contributed by atoms with van der Waals surface area (Å²) in [5.74, 6) is 0.698. The van der Waals surface area contributed by atoms with E-state index in [0.717, 1.165) is 44.5 Å². The lowest BCUT2D eigenvalue weighted by Gasteiger charge is -2.15. The minimum absolute atomic E-state index is 0.569. The molecule has 0 unspecified atom stereocenters. The molecule has 0 saturated carbocycles. The van der Waals surface area contributed by atoms with Gasteiger partial charge in [0, 0.05) is 16.9 Å². The Kier molecular flexibility index (Phi) is 5.82. The second-order valence-electron chi connectivity index (χ2n) is 8.47. The van der Waals surface area contributed by atoms with Crippen LogP contribution in [0, 0.1) is 20.8 Å². The van der Waals surface area contributed by atoms with Crippen LogP contribution < -0.4 is 10.6 Å². The molecule has 0 aliphatic heterocycles. The number of hydrogen-bond donors (Lipinski definition) is 2. The number of benzene rings is 4. The van der Waals surface area contributed by atoms with E-state index in [4.69, 9.17) is 12.2 Å². The van der Waals surface area contributed by atoms with Crippen LogP contribution in [0.25, 0.3) is 27.8 Å². The largest absolute Gasteiger partial charge is 0.332 e. The van der Waals surface area contributed by atoms with Crippen molar-refractivity contribution in [2.45, 2.75) is 20.8 Å². The van der Waals surface area contributed by atoms with Crippen LogP contribution in [0.2, 0.25) is 0 Å². The van der Waals surface area contributed by atoms with Crippen LogP contribution in [-0.2, 0) is 0 Å². The van der Waals surface area contributed by atoms with Crippen molar-refractivity contribution in [3.63, 3.8) is 0 Å². The van der Waals surface area contributed by atoms with E-state index < -0.39 is 0 Å². The number of nitrogens with zero attached hydrogens (tertiary/aromatic N) is 3. The topological polar surface area (TPSA) is 54.8 Å². The third-order valence-electron chi connectivity index (χ3n) is 5.87. The van der Waals surface area contributed by atoms with Crippen molar-refractivity contribution in [2.24, 2.45) is 0 Å². The number of para-hydroxylation sites is 1. The number of aromatic nitrogens is 3. The molecule has 1 heterocycles. The van der Waals surface area contributed by atoms with Gasteiger partial charge in [0.2, 0.25) is 0 Å². The maximum absolute atomic E-state index is 5.55. The van der Waals surface area contributed by atoms with Gasteiger partial charge >= 0.3 is 0 Å². The van der Waals surface area contributed by atoms with E-state index >= 15 is 0 Å². The summed E-state index contributed by atoms with van der Waals surface area (Å²) in [5, 5.41) is 14.1. The average Bonchev–Trinajstić information content (AvgIpc) is 3.32. The standard InChI is InChI=1S/C28H25N5S/c1-18-7-13-25(14-8-18)33-17-29-27(32-33)23-10-9-22-16-24(12-11-21(22)15-23)30-28(34)31-26-19(2)5-4-6-20(26)3/h4-17H,1-3H3,(H2,30,31,34). The zero-order valence-corrected chi connectivity index (χ0v) is 20.1. The zero-order valence-electron chi connectivity index (χ0n) is 19.3. The van der Waals surface area contributed by atoms with Gasteiger partial charge in [-0.3, -0.25) is 0 Å². The van der Waals surface area contributed by atoms with Crippen molar-refractivity contribution in [2.75, 3.05) is 10.6 Å². The molecule has 0 spiro atoms. The van der Waals surface area contributed by atoms with Crippen molar-refractivity contribution in [1.82, 2.24) is 14.8 Å². The molecule has 0 saturated heterocycles. The van der Waals surface area contributed by atoms with Crippen LogP contribution in [0.4, 0.5) is 11.4 Å². The second-order valence-corrected chi connectivity index (χ2v) is 8.88. The summed E-state index contributed by atoms with van der Waals surface area (Å²) >= 11 is 5.55. The van der Waals surface area contributed by atoms with Crippen molar-refractivity contribution >= 4 is 39.5 Å². The fourth-order valence-corrected chi connectivity index (χ4v) is 4.19. The number of rotatable bonds is 4. The van der Waals surface area contributed by atoms with E-state index in [9.17, 15) is 0 Å². The van der Waals surface area contributed by atoms with E-state index in [-0.39, 0.29) is 0 Å². The first-order valence-electron chi connectivity index (χ1n) is 11.1. The van der Waals surface area contributed by atoms with Gasteiger partial charge in [-0.1, -0.05) is 54.1 Å². The van der Waals surface area contributed by atoms with Crippen molar-refractivity contribution in [1.29, 1.82) is 0 Å².